The zero-order valence-corrected chi connectivity index (χ0v) is 10.9. The normalized spacial score (nSPS) is 37.8. The van der Waals surface area contributed by atoms with Crippen molar-refractivity contribution in [1.82, 2.24) is 4.31 Å². The van der Waals surface area contributed by atoms with Crippen molar-refractivity contribution in [2.75, 3.05) is 26.3 Å². The highest BCUT2D eigenvalue weighted by atomic mass is 32.2. The lowest BCUT2D eigenvalue weighted by atomic mass is 9.95. The highest BCUT2D eigenvalue weighted by molar-refractivity contribution is 7.89. The predicted molar refractivity (Wildman–Crippen MR) is 62.7 cm³/mol. The quantitative estimate of drug-likeness (QED) is 0.733. The van der Waals surface area contributed by atoms with Crippen LogP contribution in [0.15, 0.2) is 0 Å². The Morgan fingerprint density at radius 1 is 1.06 bits per heavy atom. The molecule has 94 valence electrons. The van der Waals surface area contributed by atoms with Crippen molar-refractivity contribution in [3.05, 3.63) is 0 Å². The average Bonchev–Trinajstić information content (AvgIpc) is 2.69. The van der Waals surface area contributed by atoms with Crippen LogP contribution in [-0.4, -0.2) is 44.3 Å². The second-order valence-corrected chi connectivity index (χ2v) is 7.20. The lowest BCUT2D eigenvalue weighted by molar-refractivity contribution is 0.0291. The zero-order chi connectivity index (χ0) is 11.8. The molecule has 5 heteroatoms. The minimum atomic E-state index is -3.11. The third-order valence-electron chi connectivity index (χ3n) is 3.65. The standard InChI is InChI=1S/C11H21NO3S/c1-9-7-15-8-10(2)11(9)16(13,14)12-5-3-4-6-12/h9-11H,3-8H2,1-2H3/t9-,10+,11?. The largest absolute Gasteiger partial charge is 0.381 e. The fourth-order valence-corrected chi connectivity index (χ4v) is 5.34. The first-order valence-electron chi connectivity index (χ1n) is 6.10. The van der Waals surface area contributed by atoms with Gasteiger partial charge in [0, 0.05) is 13.1 Å². The maximum atomic E-state index is 12.5. The van der Waals surface area contributed by atoms with E-state index < -0.39 is 10.0 Å². The van der Waals surface area contributed by atoms with Crippen LogP contribution >= 0.6 is 0 Å². The maximum Gasteiger partial charge on any atom is 0.217 e. The highest BCUT2D eigenvalue weighted by Crippen LogP contribution is 2.30. The first kappa shape index (κ1) is 12.3. The third-order valence-corrected chi connectivity index (χ3v) is 6.35. The zero-order valence-electron chi connectivity index (χ0n) is 10.1. The van der Waals surface area contributed by atoms with Gasteiger partial charge in [0.2, 0.25) is 10.0 Å². The van der Waals surface area contributed by atoms with Gasteiger partial charge in [-0.1, -0.05) is 13.8 Å². The molecule has 0 aromatic heterocycles. The molecule has 0 aromatic carbocycles. The van der Waals surface area contributed by atoms with Crippen LogP contribution in [0.1, 0.15) is 26.7 Å². The average molecular weight is 247 g/mol. The summed E-state index contributed by atoms with van der Waals surface area (Å²) in [5.74, 6) is 0.212. The van der Waals surface area contributed by atoms with E-state index in [9.17, 15) is 8.42 Å². The summed E-state index contributed by atoms with van der Waals surface area (Å²) in [6.07, 6.45) is 2.01. The van der Waals surface area contributed by atoms with Crippen LogP contribution in [0.3, 0.4) is 0 Å². The third kappa shape index (κ3) is 2.13. The van der Waals surface area contributed by atoms with Crippen LogP contribution in [0, 0.1) is 11.8 Å². The van der Waals surface area contributed by atoms with Gasteiger partial charge in [-0.05, 0) is 24.7 Å². The molecule has 2 aliphatic heterocycles. The smallest absolute Gasteiger partial charge is 0.217 e. The number of sulfonamides is 1. The molecular weight excluding hydrogens is 226 g/mol. The van der Waals surface area contributed by atoms with E-state index in [1.807, 2.05) is 13.8 Å². The van der Waals surface area contributed by atoms with Crippen LogP contribution in [0.25, 0.3) is 0 Å². The predicted octanol–water partition coefficient (Wildman–Crippen LogP) is 1.08. The Balaban J connectivity index is 2.20. The van der Waals surface area contributed by atoms with Crippen molar-refractivity contribution in [1.29, 1.82) is 0 Å². The van der Waals surface area contributed by atoms with Gasteiger partial charge in [-0.2, -0.15) is 0 Å². The van der Waals surface area contributed by atoms with Gasteiger partial charge in [0.1, 0.15) is 0 Å². The Hall–Kier alpha value is -0.130. The van der Waals surface area contributed by atoms with Gasteiger partial charge in [-0.3, -0.25) is 0 Å². The number of hydrogen-bond acceptors (Lipinski definition) is 3. The topological polar surface area (TPSA) is 46.6 Å². The minimum Gasteiger partial charge on any atom is -0.381 e. The fourth-order valence-electron chi connectivity index (χ4n) is 2.89. The van der Waals surface area contributed by atoms with E-state index in [0.29, 0.717) is 26.3 Å². The van der Waals surface area contributed by atoms with Crippen LogP contribution < -0.4 is 0 Å². The molecule has 0 aromatic rings. The SMILES string of the molecule is C[C@@H]1COC[C@H](C)C1S(=O)(=O)N1CCCC1. The number of rotatable bonds is 2. The Bertz CT molecular complexity index is 325. The van der Waals surface area contributed by atoms with Crippen molar-refractivity contribution in [3.8, 4) is 0 Å². The van der Waals surface area contributed by atoms with Gasteiger partial charge in [0.05, 0.1) is 18.5 Å². The summed E-state index contributed by atoms with van der Waals surface area (Å²) >= 11 is 0. The Morgan fingerprint density at radius 2 is 1.56 bits per heavy atom. The van der Waals surface area contributed by atoms with E-state index in [2.05, 4.69) is 0 Å². The summed E-state index contributed by atoms with van der Waals surface area (Å²) in [7, 11) is -3.11. The Kier molecular flexibility index (Phi) is 3.56. The summed E-state index contributed by atoms with van der Waals surface area (Å²) in [6, 6.07) is 0. The molecule has 0 N–H and O–H groups in total. The molecule has 2 saturated heterocycles. The molecule has 0 amide bonds. The van der Waals surface area contributed by atoms with Gasteiger partial charge >= 0.3 is 0 Å². The second kappa shape index (κ2) is 4.63. The van der Waals surface area contributed by atoms with Crippen molar-refractivity contribution in [2.45, 2.75) is 31.9 Å². The second-order valence-electron chi connectivity index (χ2n) is 5.11. The lowest BCUT2D eigenvalue weighted by Gasteiger charge is -2.36. The van der Waals surface area contributed by atoms with Crippen LogP contribution in [0.5, 0.6) is 0 Å². The van der Waals surface area contributed by atoms with Gasteiger partial charge in [0.15, 0.2) is 0 Å². The minimum absolute atomic E-state index is 0.106. The van der Waals surface area contributed by atoms with Gasteiger partial charge in [-0.25, -0.2) is 12.7 Å². The first-order valence-corrected chi connectivity index (χ1v) is 7.60. The highest BCUT2D eigenvalue weighted by Gasteiger charge is 2.42. The van der Waals surface area contributed by atoms with Crippen LogP contribution in [-0.2, 0) is 14.8 Å². The van der Waals surface area contributed by atoms with E-state index in [4.69, 9.17) is 4.74 Å². The summed E-state index contributed by atoms with van der Waals surface area (Å²) in [6.45, 7) is 6.52. The van der Waals surface area contributed by atoms with Gasteiger partial charge < -0.3 is 4.74 Å². The van der Waals surface area contributed by atoms with Crippen molar-refractivity contribution >= 4 is 10.0 Å². The van der Waals surface area contributed by atoms with Gasteiger partial charge in [0.25, 0.3) is 0 Å². The van der Waals surface area contributed by atoms with E-state index in [-0.39, 0.29) is 17.1 Å². The number of hydrogen-bond donors (Lipinski definition) is 0. The number of nitrogens with zero attached hydrogens (tertiary/aromatic N) is 1. The molecule has 0 aliphatic carbocycles. The molecule has 2 rings (SSSR count). The Morgan fingerprint density at radius 3 is 2.06 bits per heavy atom. The van der Waals surface area contributed by atoms with Crippen molar-refractivity contribution in [3.63, 3.8) is 0 Å². The molecule has 0 radical (unpaired) electrons. The summed E-state index contributed by atoms with van der Waals surface area (Å²) in [4.78, 5) is 0. The van der Waals surface area contributed by atoms with Crippen molar-refractivity contribution in [2.24, 2.45) is 11.8 Å². The van der Waals surface area contributed by atoms with Crippen molar-refractivity contribution < 1.29 is 13.2 Å². The Labute approximate surface area is 98.0 Å². The van der Waals surface area contributed by atoms with Crippen LogP contribution in [0.2, 0.25) is 0 Å². The van der Waals surface area contributed by atoms with E-state index in [1.54, 1.807) is 4.31 Å². The van der Waals surface area contributed by atoms with Crippen LogP contribution in [0.4, 0.5) is 0 Å². The molecular formula is C11H21NO3S. The summed E-state index contributed by atoms with van der Waals surface area (Å²) in [5, 5.41) is -0.251. The molecule has 2 aliphatic rings. The monoisotopic (exact) mass is 247 g/mol. The molecule has 1 unspecified atom stereocenters. The van der Waals surface area contributed by atoms with Gasteiger partial charge in [-0.15, -0.1) is 0 Å². The summed E-state index contributed by atoms with van der Waals surface area (Å²) < 4.78 is 32.0. The summed E-state index contributed by atoms with van der Waals surface area (Å²) in [5.41, 5.74) is 0. The van der Waals surface area contributed by atoms with E-state index >= 15 is 0 Å². The maximum absolute atomic E-state index is 12.5. The number of ether oxygens (including phenoxy) is 1. The lowest BCUT2D eigenvalue weighted by Crippen LogP contribution is -2.48. The molecule has 2 heterocycles. The fraction of sp³-hybridized carbons (Fsp3) is 1.00. The molecule has 16 heavy (non-hydrogen) atoms. The van der Waals surface area contributed by atoms with E-state index in [1.165, 1.54) is 0 Å². The molecule has 0 bridgehead atoms. The van der Waals surface area contributed by atoms with E-state index in [0.717, 1.165) is 12.8 Å². The molecule has 0 spiro atoms. The molecule has 0 saturated carbocycles. The molecule has 2 fully saturated rings. The molecule has 4 nitrogen and oxygen atoms in total. The molecule has 3 atom stereocenters. The first-order chi connectivity index (χ1) is 7.53.